The number of benzene rings is 1. The Kier molecular flexibility index (Phi) is 7.20. The summed E-state index contributed by atoms with van der Waals surface area (Å²) >= 11 is 6.15. The summed E-state index contributed by atoms with van der Waals surface area (Å²) in [6.07, 6.45) is 1.38. The monoisotopic (exact) mass is 511 g/mol. The molecule has 0 spiro atoms. The molecule has 3 aromatic rings. The Morgan fingerprint density at radius 1 is 1.06 bits per heavy atom. The highest BCUT2D eigenvalue weighted by Crippen LogP contribution is 2.35. The predicted molar refractivity (Wildman–Crippen MR) is 128 cm³/mol. The van der Waals surface area contributed by atoms with Crippen LogP contribution in [-0.4, -0.2) is 59.3 Å². The molecule has 11 nitrogen and oxygen atoms in total. The number of aromatic nitrogens is 5. The van der Waals surface area contributed by atoms with Crippen LogP contribution in [0.4, 0.5) is 23.3 Å². The van der Waals surface area contributed by atoms with Crippen molar-refractivity contribution in [3.05, 3.63) is 35.6 Å². The predicted octanol–water partition coefficient (Wildman–Crippen LogP) is 3.24. The van der Waals surface area contributed by atoms with Crippen LogP contribution in [0.15, 0.2) is 35.4 Å². The molecule has 2 N–H and O–H groups in total. The van der Waals surface area contributed by atoms with E-state index in [9.17, 15) is 13.0 Å². The van der Waals surface area contributed by atoms with Crippen LogP contribution in [-0.2, 0) is 14.4 Å². The molecule has 0 unspecified atom stereocenters. The molecular weight excluding hydrogens is 489 g/mol. The third-order valence-electron chi connectivity index (χ3n) is 4.42. The van der Waals surface area contributed by atoms with Crippen LogP contribution in [0.2, 0.25) is 5.15 Å². The Balaban J connectivity index is 1.95. The first kappa shape index (κ1) is 24.8. The zero-order chi connectivity index (χ0) is 24.4. The summed E-state index contributed by atoms with van der Waals surface area (Å²) in [7, 11) is -4.81. The maximum absolute atomic E-state index is 12.7. The fourth-order valence-corrected chi connectivity index (χ4v) is 4.60. The first-order chi connectivity index (χ1) is 15.4. The Labute approximate surface area is 196 Å². The first-order valence-electron chi connectivity index (χ1n) is 9.67. The number of rotatable bonds is 8. The van der Waals surface area contributed by atoms with Crippen molar-refractivity contribution in [2.45, 2.75) is 24.0 Å². The molecule has 0 amide bonds. The normalized spacial score (nSPS) is 12.0. The maximum atomic E-state index is 12.7. The standard InChI is InChI=1S/C19H23ClN7O4PS/c1-11(2)33(29,30)13-9-7-6-8-12(13)22-16-15(20)26-27-19(24-16)25-17-18(31-3)23-14(10-21-17)32(4,5)28/h6-11H,1-5H3,(H2,21,22,24,25,27). The second-order valence-electron chi connectivity index (χ2n) is 7.55. The second kappa shape index (κ2) is 9.58. The van der Waals surface area contributed by atoms with Crippen molar-refractivity contribution in [3.63, 3.8) is 0 Å². The lowest BCUT2D eigenvalue weighted by atomic mass is 10.3. The van der Waals surface area contributed by atoms with E-state index in [0.29, 0.717) is 11.1 Å². The van der Waals surface area contributed by atoms with Gasteiger partial charge in [0.15, 0.2) is 26.6 Å². The lowest BCUT2D eigenvalue weighted by Crippen LogP contribution is -2.16. The quantitative estimate of drug-likeness (QED) is 0.429. The van der Waals surface area contributed by atoms with Crippen molar-refractivity contribution in [2.75, 3.05) is 31.1 Å². The summed E-state index contributed by atoms with van der Waals surface area (Å²) in [4.78, 5) is 12.8. The Hall–Kier alpha value is -2.82. The molecule has 0 bridgehead atoms. The highest BCUT2D eigenvalue weighted by atomic mass is 35.5. The van der Waals surface area contributed by atoms with E-state index in [1.807, 2.05) is 0 Å². The van der Waals surface area contributed by atoms with Gasteiger partial charge in [0.2, 0.25) is 0 Å². The third kappa shape index (κ3) is 5.58. The van der Waals surface area contributed by atoms with Crippen LogP contribution < -0.4 is 20.8 Å². The molecule has 2 heterocycles. The van der Waals surface area contributed by atoms with Crippen molar-refractivity contribution >= 4 is 57.3 Å². The van der Waals surface area contributed by atoms with Crippen molar-refractivity contribution in [3.8, 4) is 5.88 Å². The first-order valence-corrected chi connectivity index (χ1v) is 14.2. The third-order valence-corrected chi connectivity index (χ3v) is 8.20. The number of halogens is 1. The van der Waals surface area contributed by atoms with Gasteiger partial charge in [-0.3, -0.25) is 0 Å². The van der Waals surface area contributed by atoms with Gasteiger partial charge in [0.1, 0.15) is 12.6 Å². The summed E-state index contributed by atoms with van der Waals surface area (Å²) in [5, 5.41) is 12.8. The molecular formula is C19H23ClN7O4PS. The number of sulfone groups is 1. The van der Waals surface area contributed by atoms with E-state index in [1.54, 1.807) is 45.4 Å². The highest BCUT2D eigenvalue weighted by molar-refractivity contribution is 7.92. The number of ether oxygens (including phenoxy) is 1. The summed E-state index contributed by atoms with van der Waals surface area (Å²) in [5.74, 6) is 0.351. The van der Waals surface area contributed by atoms with Gasteiger partial charge >= 0.3 is 0 Å². The molecule has 0 aliphatic rings. The van der Waals surface area contributed by atoms with Crippen molar-refractivity contribution < 1.29 is 17.7 Å². The molecule has 33 heavy (non-hydrogen) atoms. The molecule has 0 saturated carbocycles. The molecule has 0 saturated heterocycles. The van der Waals surface area contributed by atoms with Crippen LogP contribution in [0.25, 0.3) is 0 Å². The molecule has 176 valence electrons. The van der Waals surface area contributed by atoms with Crippen molar-refractivity contribution in [1.29, 1.82) is 0 Å². The maximum Gasteiger partial charge on any atom is 0.258 e. The van der Waals surface area contributed by atoms with E-state index in [4.69, 9.17) is 16.3 Å². The van der Waals surface area contributed by atoms with Crippen molar-refractivity contribution in [2.24, 2.45) is 0 Å². The molecule has 0 aliphatic heterocycles. The number of nitrogens with one attached hydrogen (secondary N) is 2. The smallest absolute Gasteiger partial charge is 0.258 e. The molecule has 0 atom stereocenters. The van der Waals surface area contributed by atoms with Crippen LogP contribution >= 0.6 is 18.7 Å². The van der Waals surface area contributed by atoms with E-state index in [-0.39, 0.29) is 33.5 Å². The van der Waals surface area contributed by atoms with Gasteiger partial charge in [-0.25, -0.2) is 18.4 Å². The van der Waals surface area contributed by atoms with E-state index in [1.165, 1.54) is 19.4 Å². The Morgan fingerprint density at radius 3 is 2.39 bits per heavy atom. The number of anilines is 4. The molecule has 0 radical (unpaired) electrons. The van der Waals surface area contributed by atoms with Gasteiger partial charge in [-0.2, -0.15) is 4.98 Å². The van der Waals surface area contributed by atoms with E-state index < -0.39 is 22.2 Å². The van der Waals surface area contributed by atoms with Crippen LogP contribution in [0, 0.1) is 0 Å². The van der Waals surface area contributed by atoms with Gasteiger partial charge in [-0.1, -0.05) is 23.7 Å². The average Bonchev–Trinajstić information content (AvgIpc) is 2.75. The van der Waals surface area contributed by atoms with Gasteiger partial charge in [0, 0.05) is 0 Å². The van der Waals surface area contributed by atoms with Gasteiger partial charge in [0.25, 0.3) is 11.8 Å². The topological polar surface area (TPSA) is 149 Å². The minimum Gasteiger partial charge on any atom is -0.478 e. The average molecular weight is 512 g/mol. The van der Waals surface area contributed by atoms with E-state index in [0.717, 1.165) is 0 Å². The van der Waals surface area contributed by atoms with E-state index in [2.05, 4.69) is 35.8 Å². The van der Waals surface area contributed by atoms with Crippen molar-refractivity contribution in [1.82, 2.24) is 25.1 Å². The fourth-order valence-electron chi connectivity index (χ4n) is 2.60. The van der Waals surface area contributed by atoms with Gasteiger partial charge < -0.3 is 19.9 Å². The lowest BCUT2D eigenvalue weighted by Gasteiger charge is -2.15. The zero-order valence-electron chi connectivity index (χ0n) is 18.6. The zero-order valence-corrected chi connectivity index (χ0v) is 21.0. The molecule has 0 aliphatic carbocycles. The molecule has 0 fully saturated rings. The van der Waals surface area contributed by atoms with E-state index >= 15 is 0 Å². The summed E-state index contributed by atoms with van der Waals surface area (Å²) in [5.41, 5.74) is 0.605. The van der Waals surface area contributed by atoms with Crippen LogP contribution in [0.1, 0.15) is 13.8 Å². The SMILES string of the molecule is COc1nc(P(C)(C)=O)cnc1Nc1nnc(Cl)c(Nc2ccccc2S(=O)(=O)C(C)C)n1. The summed E-state index contributed by atoms with van der Waals surface area (Å²) in [6, 6.07) is 6.42. The fraction of sp³-hybridized carbons (Fsp3) is 0.316. The minimum atomic E-state index is -3.57. The number of para-hydroxylation sites is 1. The Bertz CT molecular complexity index is 1330. The number of methoxy groups -OCH3 is 1. The molecule has 2 aromatic heterocycles. The number of nitrogens with zero attached hydrogens (tertiary/aromatic N) is 5. The summed E-state index contributed by atoms with van der Waals surface area (Å²) in [6.45, 7) is 6.35. The minimum absolute atomic E-state index is 0.00243. The molecule has 14 heteroatoms. The second-order valence-corrected chi connectivity index (χ2v) is 13.5. The van der Waals surface area contributed by atoms with Gasteiger partial charge in [0.05, 0.1) is 29.1 Å². The van der Waals surface area contributed by atoms with Gasteiger partial charge in [-0.15, -0.1) is 10.2 Å². The largest absolute Gasteiger partial charge is 0.478 e. The molecule has 3 rings (SSSR count). The lowest BCUT2D eigenvalue weighted by molar-refractivity contribution is 0.399. The molecule has 1 aromatic carbocycles. The number of hydrogen-bond acceptors (Lipinski definition) is 11. The Morgan fingerprint density at radius 2 is 1.76 bits per heavy atom. The summed E-state index contributed by atoms with van der Waals surface area (Å²) < 4.78 is 43.0. The van der Waals surface area contributed by atoms with Crippen LogP contribution in [0.5, 0.6) is 5.88 Å². The highest BCUT2D eigenvalue weighted by Gasteiger charge is 2.23. The number of hydrogen-bond donors (Lipinski definition) is 2. The van der Waals surface area contributed by atoms with Crippen LogP contribution in [0.3, 0.4) is 0 Å². The van der Waals surface area contributed by atoms with Gasteiger partial charge in [-0.05, 0) is 39.3 Å².